The van der Waals surface area contributed by atoms with Crippen LogP contribution in [0.5, 0.6) is 0 Å². The minimum atomic E-state index is -0.948. The fourth-order valence-electron chi connectivity index (χ4n) is 4.95. The molecule has 12 heteroatoms. The van der Waals surface area contributed by atoms with Crippen molar-refractivity contribution in [1.29, 1.82) is 0 Å². The molecule has 1 heterocycles. The third-order valence-electron chi connectivity index (χ3n) is 7.10. The number of imide groups is 1. The average Bonchev–Trinajstić information content (AvgIpc) is 3.39. The van der Waals surface area contributed by atoms with E-state index < -0.39 is 29.4 Å². The van der Waals surface area contributed by atoms with Crippen molar-refractivity contribution in [2.75, 3.05) is 11.4 Å². The van der Waals surface area contributed by atoms with E-state index in [4.69, 9.17) is 10.5 Å². The predicted molar refractivity (Wildman–Crippen MR) is 161 cm³/mol. The highest BCUT2D eigenvalue weighted by molar-refractivity contribution is 9.10. The van der Waals surface area contributed by atoms with Crippen molar-refractivity contribution in [2.24, 2.45) is 17.6 Å². The summed E-state index contributed by atoms with van der Waals surface area (Å²) in [4.78, 5) is 54.7. The Morgan fingerprint density at radius 2 is 1.74 bits per heavy atom. The zero-order chi connectivity index (χ0) is 30.4. The number of rotatable bonds is 8. The average molecular weight is 643 g/mol. The molecule has 0 saturated heterocycles. The van der Waals surface area contributed by atoms with E-state index in [0.717, 1.165) is 22.9 Å². The largest absolute Gasteiger partial charge is 0.444 e. The first-order valence-electron chi connectivity index (χ1n) is 13.9. The number of amides is 3. The molecule has 224 valence electrons. The molecule has 4 rings (SSSR count). The van der Waals surface area contributed by atoms with Gasteiger partial charge in [-0.3, -0.25) is 19.1 Å². The van der Waals surface area contributed by atoms with E-state index >= 15 is 0 Å². The summed E-state index contributed by atoms with van der Waals surface area (Å²) in [6.45, 7) is 5.89. The number of anilines is 1. The predicted octanol–water partition coefficient (Wildman–Crippen LogP) is 4.55. The topological polar surface area (TPSA) is 161 Å². The Labute approximate surface area is 252 Å². The third kappa shape index (κ3) is 8.39. The number of aromatic amines is 1. The Morgan fingerprint density at radius 3 is 2.31 bits per heavy atom. The van der Waals surface area contributed by atoms with Gasteiger partial charge < -0.3 is 15.8 Å². The maximum Gasteiger partial charge on any atom is 0.439 e. The standard InChI is InChI=1S/C30H36BrN5O6/c1-30(2,3)41-28(39)33-17-19-4-8-21(9-5-19)26(37)36(27(38)24(32)16-18-6-12-22(31)13-7-18)23-14-10-20(11-15-23)25-34-29(40)42-35-25/h6-7,10-15,19,21,24H,4-5,8-9,16-17,32H2,1-3H3,(H,33,39)(H,34,35,40)/t19-,21-,24-/m0/s1. The summed E-state index contributed by atoms with van der Waals surface area (Å²) in [7, 11) is 0. The summed E-state index contributed by atoms with van der Waals surface area (Å²) in [6.07, 6.45) is 2.38. The van der Waals surface area contributed by atoms with Gasteiger partial charge in [-0.1, -0.05) is 33.2 Å². The molecule has 1 aromatic heterocycles. The molecule has 1 saturated carbocycles. The summed E-state index contributed by atoms with van der Waals surface area (Å²) in [5, 5.41) is 6.51. The number of aromatic nitrogens is 2. The van der Waals surface area contributed by atoms with Crippen LogP contribution in [0.25, 0.3) is 11.4 Å². The Morgan fingerprint density at radius 1 is 1.10 bits per heavy atom. The van der Waals surface area contributed by atoms with Crippen LogP contribution in [-0.2, 0) is 20.7 Å². The monoisotopic (exact) mass is 641 g/mol. The number of carbonyl (C=O) groups excluding carboxylic acids is 3. The SMILES string of the molecule is CC(C)(C)OC(=O)NC[C@H]1CC[C@H](C(=O)N(C(=O)[C@@H](N)Cc2ccc(Br)cc2)c2ccc(-c3noc(=O)[nH]3)cc2)CC1. The van der Waals surface area contributed by atoms with E-state index in [1.165, 1.54) is 4.90 Å². The summed E-state index contributed by atoms with van der Waals surface area (Å²) < 4.78 is 10.8. The van der Waals surface area contributed by atoms with E-state index in [-0.39, 0.29) is 30.0 Å². The quantitative estimate of drug-likeness (QED) is 0.323. The molecule has 3 amide bonds. The van der Waals surface area contributed by atoms with Crippen LogP contribution < -0.4 is 21.7 Å². The Kier molecular flexibility index (Phi) is 10.00. The molecule has 42 heavy (non-hydrogen) atoms. The first kappa shape index (κ1) is 31.2. The second kappa shape index (κ2) is 13.5. The summed E-state index contributed by atoms with van der Waals surface area (Å²) in [5.41, 5.74) is 7.61. The van der Waals surface area contributed by atoms with Gasteiger partial charge in [0, 0.05) is 22.5 Å². The van der Waals surface area contributed by atoms with Gasteiger partial charge in [0.15, 0.2) is 5.82 Å². The van der Waals surface area contributed by atoms with Gasteiger partial charge >= 0.3 is 11.8 Å². The lowest BCUT2D eigenvalue weighted by Crippen LogP contribution is -2.50. The number of alkyl carbamates (subject to hydrolysis) is 1. The van der Waals surface area contributed by atoms with Crippen molar-refractivity contribution in [3.8, 4) is 11.4 Å². The van der Waals surface area contributed by atoms with Gasteiger partial charge in [0.1, 0.15) is 5.60 Å². The molecule has 3 aromatic rings. The first-order chi connectivity index (χ1) is 19.9. The number of hydrogen-bond donors (Lipinski definition) is 3. The van der Waals surface area contributed by atoms with Crippen molar-refractivity contribution < 1.29 is 23.6 Å². The van der Waals surface area contributed by atoms with Gasteiger partial charge in [0.25, 0.3) is 5.91 Å². The molecule has 0 bridgehead atoms. The molecule has 0 spiro atoms. The summed E-state index contributed by atoms with van der Waals surface area (Å²) >= 11 is 3.41. The number of hydrogen-bond acceptors (Lipinski definition) is 8. The van der Waals surface area contributed by atoms with E-state index in [9.17, 15) is 19.2 Å². The lowest BCUT2D eigenvalue weighted by molar-refractivity contribution is -0.130. The van der Waals surface area contributed by atoms with Gasteiger partial charge in [-0.25, -0.2) is 14.5 Å². The smallest absolute Gasteiger partial charge is 0.439 e. The van der Waals surface area contributed by atoms with E-state index in [2.05, 4.69) is 35.9 Å². The number of nitrogens with two attached hydrogens (primary N) is 1. The zero-order valence-electron chi connectivity index (χ0n) is 23.9. The number of ether oxygens (including phenoxy) is 1. The van der Waals surface area contributed by atoms with E-state index in [0.29, 0.717) is 30.6 Å². The van der Waals surface area contributed by atoms with Crippen molar-refractivity contribution >= 4 is 39.5 Å². The van der Waals surface area contributed by atoms with Crippen molar-refractivity contribution in [1.82, 2.24) is 15.5 Å². The van der Waals surface area contributed by atoms with Crippen LogP contribution >= 0.6 is 15.9 Å². The number of nitrogens with one attached hydrogen (secondary N) is 2. The third-order valence-corrected chi connectivity index (χ3v) is 7.62. The maximum absolute atomic E-state index is 13.9. The van der Waals surface area contributed by atoms with Crippen LogP contribution in [0, 0.1) is 11.8 Å². The molecular formula is C30H36BrN5O6. The summed E-state index contributed by atoms with van der Waals surface area (Å²) in [6, 6.07) is 13.1. The maximum atomic E-state index is 13.9. The molecule has 1 fully saturated rings. The lowest BCUT2D eigenvalue weighted by Gasteiger charge is -2.32. The second-order valence-corrected chi connectivity index (χ2v) is 12.5. The number of nitrogens with zero attached hydrogens (tertiary/aromatic N) is 2. The summed E-state index contributed by atoms with van der Waals surface area (Å²) in [5.74, 6) is -1.43. The molecule has 4 N–H and O–H groups in total. The van der Waals surface area contributed by atoms with Crippen molar-refractivity contribution in [3.63, 3.8) is 0 Å². The highest BCUT2D eigenvalue weighted by Crippen LogP contribution is 2.32. The van der Waals surface area contributed by atoms with E-state index in [1.807, 2.05) is 45.0 Å². The van der Waals surface area contributed by atoms with Gasteiger partial charge in [0.2, 0.25) is 5.91 Å². The molecular weight excluding hydrogens is 606 g/mol. The van der Waals surface area contributed by atoms with Crippen molar-refractivity contribution in [2.45, 2.75) is 64.5 Å². The molecule has 11 nitrogen and oxygen atoms in total. The Balaban J connectivity index is 1.48. The lowest BCUT2D eigenvalue weighted by atomic mass is 9.81. The van der Waals surface area contributed by atoms with Crippen LogP contribution in [0.3, 0.4) is 0 Å². The Bertz CT molecular complexity index is 1440. The Hall–Kier alpha value is -3.77. The van der Waals surface area contributed by atoms with Gasteiger partial charge in [-0.2, -0.15) is 0 Å². The van der Waals surface area contributed by atoms with Crippen LogP contribution in [0.15, 0.2) is 62.3 Å². The molecule has 2 aromatic carbocycles. The molecule has 1 atom stereocenters. The molecule has 1 aliphatic carbocycles. The highest BCUT2D eigenvalue weighted by atomic mass is 79.9. The minimum absolute atomic E-state index is 0.203. The van der Waals surface area contributed by atoms with Crippen LogP contribution in [-0.4, -0.2) is 46.2 Å². The van der Waals surface area contributed by atoms with E-state index in [1.54, 1.807) is 24.3 Å². The van der Waals surface area contributed by atoms with Crippen molar-refractivity contribution in [3.05, 3.63) is 69.1 Å². The molecule has 0 unspecified atom stereocenters. The number of benzene rings is 2. The van der Waals surface area contributed by atoms with Gasteiger partial charge in [-0.15, -0.1) is 0 Å². The first-order valence-corrected chi connectivity index (χ1v) is 14.7. The van der Waals surface area contributed by atoms with Crippen LogP contribution in [0.1, 0.15) is 52.0 Å². The zero-order valence-corrected chi connectivity index (χ0v) is 25.5. The van der Waals surface area contributed by atoms with Crippen LogP contribution in [0.2, 0.25) is 0 Å². The molecule has 0 aliphatic heterocycles. The molecule has 1 aliphatic rings. The molecule has 0 radical (unpaired) electrons. The minimum Gasteiger partial charge on any atom is -0.444 e. The number of carbonyl (C=O) groups is 3. The van der Waals surface area contributed by atoms with Crippen LogP contribution in [0.4, 0.5) is 10.5 Å². The van der Waals surface area contributed by atoms with Gasteiger partial charge in [0.05, 0.1) is 11.7 Å². The fraction of sp³-hybridized carbons (Fsp3) is 0.433. The fourth-order valence-corrected chi connectivity index (χ4v) is 5.22. The second-order valence-electron chi connectivity index (χ2n) is 11.5. The number of H-pyrrole nitrogens is 1. The number of halogens is 1. The highest BCUT2D eigenvalue weighted by Gasteiger charge is 2.35. The van der Waals surface area contributed by atoms with Gasteiger partial charge in [-0.05, 0) is 101 Å². The normalized spacial score (nSPS) is 17.7.